The summed E-state index contributed by atoms with van der Waals surface area (Å²) in [5, 5.41) is 4.57. The van der Waals surface area contributed by atoms with E-state index in [4.69, 9.17) is 4.74 Å². The van der Waals surface area contributed by atoms with Crippen LogP contribution in [0.2, 0.25) is 0 Å². The molecule has 98 valence electrons. The van der Waals surface area contributed by atoms with E-state index in [0.717, 1.165) is 30.6 Å². The van der Waals surface area contributed by atoms with Gasteiger partial charge >= 0.3 is 0 Å². The van der Waals surface area contributed by atoms with Gasteiger partial charge in [-0.2, -0.15) is 11.8 Å². The van der Waals surface area contributed by atoms with Crippen LogP contribution in [0.25, 0.3) is 0 Å². The molecule has 0 saturated heterocycles. The molecule has 0 aromatic heterocycles. The largest absolute Gasteiger partial charge is 0.493 e. The Labute approximate surface area is 113 Å². The Morgan fingerprint density at radius 3 is 3.17 bits per heavy atom. The summed E-state index contributed by atoms with van der Waals surface area (Å²) in [7, 11) is 0. The highest BCUT2D eigenvalue weighted by atomic mass is 32.2. The average molecular weight is 263 g/mol. The molecule has 3 heteroatoms. The SMILES string of the molecule is CSC1CCC(NCc2ccc3c(c2)CCO3)C1. The van der Waals surface area contributed by atoms with Crippen molar-refractivity contribution in [3.05, 3.63) is 29.3 Å². The Hall–Kier alpha value is -0.670. The first kappa shape index (κ1) is 12.4. The summed E-state index contributed by atoms with van der Waals surface area (Å²) in [5.41, 5.74) is 2.77. The van der Waals surface area contributed by atoms with Crippen molar-refractivity contribution in [2.45, 2.75) is 43.5 Å². The van der Waals surface area contributed by atoms with Gasteiger partial charge in [0.25, 0.3) is 0 Å². The van der Waals surface area contributed by atoms with E-state index in [9.17, 15) is 0 Å². The molecule has 0 amide bonds. The molecule has 1 aromatic carbocycles. The van der Waals surface area contributed by atoms with Crippen molar-refractivity contribution in [1.29, 1.82) is 0 Å². The standard InChI is InChI=1S/C15H21NOS/c1-18-14-4-3-13(9-14)16-10-11-2-5-15-12(8-11)6-7-17-15/h2,5,8,13-14,16H,3-4,6-7,9-10H2,1H3. The van der Waals surface area contributed by atoms with Crippen LogP contribution < -0.4 is 10.1 Å². The van der Waals surface area contributed by atoms with E-state index < -0.39 is 0 Å². The molecule has 0 spiro atoms. The molecule has 1 aromatic rings. The lowest BCUT2D eigenvalue weighted by molar-refractivity contribution is 0.357. The highest BCUT2D eigenvalue weighted by molar-refractivity contribution is 7.99. The van der Waals surface area contributed by atoms with Crippen molar-refractivity contribution in [3.63, 3.8) is 0 Å². The normalized spacial score (nSPS) is 26.1. The van der Waals surface area contributed by atoms with Crippen LogP contribution in [0.3, 0.4) is 0 Å². The molecule has 1 fully saturated rings. The number of thioether (sulfide) groups is 1. The van der Waals surface area contributed by atoms with Gasteiger partial charge in [0.2, 0.25) is 0 Å². The number of rotatable bonds is 4. The maximum atomic E-state index is 5.54. The number of ether oxygens (including phenoxy) is 1. The number of fused-ring (bicyclic) bond motifs is 1. The number of hydrogen-bond acceptors (Lipinski definition) is 3. The first-order valence-corrected chi connectivity index (χ1v) is 8.15. The number of hydrogen-bond donors (Lipinski definition) is 1. The van der Waals surface area contributed by atoms with Gasteiger partial charge in [0.15, 0.2) is 0 Å². The number of nitrogens with one attached hydrogen (secondary N) is 1. The van der Waals surface area contributed by atoms with Gasteiger partial charge in [0, 0.05) is 24.3 Å². The maximum Gasteiger partial charge on any atom is 0.122 e. The summed E-state index contributed by atoms with van der Waals surface area (Å²) >= 11 is 2.02. The minimum atomic E-state index is 0.715. The molecule has 1 N–H and O–H groups in total. The van der Waals surface area contributed by atoms with Crippen LogP contribution in [0, 0.1) is 0 Å². The molecule has 2 unspecified atom stereocenters. The van der Waals surface area contributed by atoms with Gasteiger partial charge in [0.1, 0.15) is 5.75 Å². The fourth-order valence-electron chi connectivity index (χ4n) is 2.95. The molecular weight excluding hydrogens is 242 g/mol. The lowest BCUT2D eigenvalue weighted by Gasteiger charge is -2.13. The van der Waals surface area contributed by atoms with Crippen LogP contribution in [0.5, 0.6) is 5.75 Å². The zero-order valence-electron chi connectivity index (χ0n) is 10.9. The van der Waals surface area contributed by atoms with Gasteiger partial charge in [-0.3, -0.25) is 0 Å². The molecule has 0 radical (unpaired) electrons. The second-order valence-electron chi connectivity index (χ2n) is 5.29. The zero-order chi connectivity index (χ0) is 12.4. The molecule has 1 aliphatic carbocycles. The zero-order valence-corrected chi connectivity index (χ0v) is 11.8. The van der Waals surface area contributed by atoms with E-state index in [0.29, 0.717) is 6.04 Å². The molecule has 0 bridgehead atoms. The van der Waals surface area contributed by atoms with E-state index in [1.807, 2.05) is 11.8 Å². The summed E-state index contributed by atoms with van der Waals surface area (Å²) in [6, 6.07) is 7.33. The van der Waals surface area contributed by atoms with Crippen molar-refractivity contribution in [1.82, 2.24) is 5.32 Å². The second kappa shape index (κ2) is 5.54. The van der Waals surface area contributed by atoms with Gasteiger partial charge in [-0.1, -0.05) is 12.1 Å². The smallest absolute Gasteiger partial charge is 0.122 e. The predicted octanol–water partition coefficient (Wildman–Crippen LogP) is 3.00. The third-order valence-electron chi connectivity index (χ3n) is 4.07. The van der Waals surface area contributed by atoms with E-state index >= 15 is 0 Å². The lowest BCUT2D eigenvalue weighted by Crippen LogP contribution is -2.26. The average Bonchev–Trinajstić information content (AvgIpc) is 3.04. The molecule has 2 aliphatic rings. The van der Waals surface area contributed by atoms with Crippen molar-refractivity contribution >= 4 is 11.8 Å². The molecule has 2 nitrogen and oxygen atoms in total. The Morgan fingerprint density at radius 2 is 2.33 bits per heavy atom. The molecule has 18 heavy (non-hydrogen) atoms. The molecular formula is C15H21NOS. The first-order valence-electron chi connectivity index (χ1n) is 6.86. The van der Waals surface area contributed by atoms with Crippen LogP contribution in [0.1, 0.15) is 30.4 Å². The number of benzene rings is 1. The predicted molar refractivity (Wildman–Crippen MR) is 77.4 cm³/mol. The Kier molecular flexibility index (Phi) is 3.80. The van der Waals surface area contributed by atoms with Crippen LogP contribution in [-0.2, 0) is 13.0 Å². The van der Waals surface area contributed by atoms with Crippen molar-refractivity contribution < 1.29 is 4.74 Å². The Bertz CT molecular complexity index is 421. The summed E-state index contributed by atoms with van der Waals surface area (Å²) < 4.78 is 5.54. The maximum absolute atomic E-state index is 5.54. The van der Waals surface area contributed by atoms with Crippen LogP contribution in [0.15, 0.2) is 18.2 Å². The van der Waals surface area contributed by atoms with Gasteiger partial charge < -0.3 is 10.1 Å². The third-order valence-corrected chi connectivity index (χ3v) is 5.16. The quantitative estimate of drug-likeness (QED) is 0.902. The van der Waals surface area contributed by atoms with E-state index in [1.165, 1.54) is 30.4 Å². The van der Waals surface area contributed by atoms with E-state index in [2.05, 4.69) is 29.8 Å². The highest BCUT2D eigenvalue weighted by Crippen LogP contribution is 2.29. The van der Waals surface area contributed by atoms with E-state index in [1.54, 1.807) is 0 Å². The Balaban J connectivity index is 1.54. The fourth-order valence-corrected chi connectivity index (χ4v) is 3.75. The van der Waals surface area contributed by atoms with Gasteiger partial charge in [-0.05, 0) is 42.7 Å². The molecule has 1 heterocycles. The fraction of sp³-hybridized carbons (Fsp3) is 0.600. The molecule has 1 aliphatic heterocycles. The van der Waals surface area contributed by atoms with Crippen molar-refractivity contribution in [2.24, 2.45) is 0 Å². The minimum Gasteiger partial charge on any atom is -0.493 e. The van der Waals surface area contributed by atoms with Gasteiger partial charge in [-0.25, -0.2) is 0 Å². The first-order chi connectivity index (χ1) is 8.85. The molecule has 2 atom stereocenters. The lowest BCUT2D eigenvalue weighted by atomic mass is 10.1. The van der Waals surface area contributed by atoms with Gasteiger partial charge in [0.05, 0.1) is 6.61 Å². The minimum absolute atomic E-state index is 0.715. The van der Waals surface area contributed by atoms with Crippen molar-refractivity contribution in [2.75, 3.05) is 12.9 Å². The van der Waals surface area contributed by atoms with Crippen LogP contribution in [0.4, 0.5) is 0 Å². The third kappa shape index (κ3) is 2.67. The van der Waals surface area contributed by atoms with Gasteiger partial charge in [-0.15, -0.1) is 0 Å². The van der Waals surface area contributed by atoms with Crippen LogP contribution in [-0.4, -0.2) is 24.2 Å². The molecule has 1 saturated carbocycles. The van der Waals surface area contributed by atoms with E-state index in [-0.39, 0.29) is 0 Å². The summed E-state index contributed by atoms with van der Waals surface area (Å²) in [4.78, 5) is 0. The molecule has 3 rings (SSSR count). The summed E-state index contributed by atoms with van der Waals surface area (Å²) in [6.45, 7) is 1.85. The summed E-state index contributed by atoms with van der Waals surface area (Å²) in [5.74, 6) is 1.09. The van der Waals surface area contributed by atoms with Crippen LogP contribution >= 0.6 is 11.8 Å². The Morgan fingerprint density at radius 1 is 1.39 bits per heavy atom. The highest BCUT2D eigenvalue weighted by Gasteiger charge is 2.23. The monoisotopic (exact) mass is 263 g/mol. The second-order valence-corrected chi connectivity index (χ2v) is 6.43. The van der Waals surface area contributed by atoms with Crippen molar-refractivity contribution in [3.8, 4) is 5.75 Å². The topological polar surface area (TPSA) is 21.3 Å². The summed E-state index contributed by atoms with van der Waals surface area (Å²) in [6.07, 6.45) is 7.33.